The van der Waals surface area contributed by atoms with Crippen LogP contribution in [0.1, 0.15) is 21.5 Å². The number of hydrogen-bond donors (Lipinski definition) is 0. The van der Waals surface area contributed by atoms with Crippen LogP contribution in [-0.4, -0.2) is 46.9 Å². The SMILES string of the molecule is Cc1ccc(C(=O)N2CCN(c3ccc([N+](=O)[O-])cn3)CC2)cc1C. The molecule has 7 nitrogen and oxygen atoms in total. The predicted molar refractivity (Wildman–Crippen MR) is 94.9 cm³/mol. The Hall–Kier alpha value is -2.96. The molecule has 0 saturated carbocycles. The van der Waals surface area contributed by atoms with Crippen molar-refractivity contribution in [1.82, 2.24) is 9.88 Å². The summed E-state index contributed by atoms with van der Waals surface area (Å²) in [5, 5.41) is 10.7. The molecule has 0 unspecified atom stereocenters. The molecule has 0 spiro atoms. The van der Waals surface area contributed by atoms with Crippen molar-refractivity contribution in [1.29, 1.82) is 0 Å². The minimum atomic E-state index is -0.461. The monoisotopic (exact) mass is 340 g/mol. The van der Waals surface area contributed by atoms with Crippen LogP contribution in [0.25, 0.3) is 0 Å². The highest BCUT2D eigenvalue weighted by Crippen LogP contribution is 2.19. The van der Waals surface area contributed by atoms with Crippen LogP contribution in [0.4, 0.5) is 11.5 Å². The summed E-state index contributed by atoms with van der Waals surface area (Å²) in [5.74, 6) is 0.739. The number of aromatic nitrogens is 1. The summed E-state index contributed by atoms with van der Waals surface area (Å²) in [6.07, 6.45) is 1.27. The molecule has 1 aliphatic heterocycles. The number of pyridine rings is 1. The number of amides is 1. The van der Waals surface area contributed by atoms with Crippen LogP contribution in [0.5, 0.6) is 0 Å². The van der Waals surface area contributed by atoms with Gasteiger partial charge in [-0.05, 0) is 43.2 Å². The van der Waals surface area contributed by atoms with Gasteiger partial charge in [0.05, 0.1) is 4.92 Å². The maximum Gasteiger partial charge on any atom is 0.287 e. The average Bonchev–Trinajstić information content (AvgIpc) is 2.63. The molecule has 1 aromatic heterocycles. The van der Waals surface area contributed by atoms with Crippen molar-refractivity contribution in [3.05, 3.63) is 63.3 Å². The predicted octanol–water partition coefficient (Wildman–Crippen LogP) is 2.57. The van der Waals surface area contributed by atoms with Gasteiger partial charge in [-0.25, -0.2) is 4.98 Å². The number of benzene rings is 1. The summed E-state index contributed by atoms with van der Waals surface area (Å²) in [7, 11) is 0. The summed E-state index contributed by atoms with van der Waals surface area (Å²) >= 11 is 0. The molecule has 25 heavy (non-hydrogen) atoms. The van der Waals surface area contributed by atoms with E-state index in [1.807, 2.05) is 41.8 Å². The third-order valence-electron chi connectivity index (χ3n) is 4.59. The van der Waals surface area contributed by atoms with Crippen LogP contribution in [-0.2, 0) is 0 Å². The summed E-state index contributed by atoms with van der Waals surface area (Å²) < 4.78 is 0. The lowest BCUT2D eigenvalue weighted by atomic mass is 10.1. The molecule has 0 atom stereocenters. The highest BCUT2D eigenvalue weighted by molar-refractivity contribution is 5.94. The standard InChI is InChI=1S/C18H20N4O3/c1-13-3-4-15(11-14(13)2)18(23)21-9-7-20(8-10-21)17-6-5-16(12-19-17)22(24)25/h3-6,11-12H,7-10H2,1-2H3. The minimum Gasteiger partial charge on any atom is -0.353 e. The molecule has 7 heteroatoms. The lowest BCUT2D eigenvalue weighted by molar-refractivity contribution is -0.385. The Labute approximate surface area is 146 Å². The molecular weight excluding hydrogens is 320 g/mol. The van der Waals surface area contributed by atoms with Gasteiger partial charge in [-0.15, -0.1) is 0 Å². The molecule has 1 amide bonds. The summed E-state index contributed by atoms with van der Waals surface area (Å²) in [6.45, 7) is 6.54. The quantitative estimate of drug-likeness (QED) is 0.634. The zero-order valence-corrected chi connectivity index (χ0v) is 14.3. The van der Waals surface area contributed by atoms with Crippen molar-refractivity contribution in [2.75, 3.05) is 31.1 Å². The number of nitrogens with zero attached hydrogens (tertiary/aromatic N) is 4. The number of rotatable bonds is 3. The van der Waals surface area contributed by atoms with Crippen LogP contribution in [0.2, 0.25) is 0 Å². The van der Waals surface area contributed by atoms with Crippen molar-refractivity contribution in [2.45, 2.75) is 13.8 Å². The smallest absolute Gasteiger partial charge is 0.287 e. The van der Waals surface area contributed by atoms with Crippen LogP contribution >= 0.6 is 0 Å². The molecular formula is C18H20N4O3. The first-order chi connectivity index (χ1) is 12.0. The Kier molecular flexibility index (Phi) is 4.65. The second kappa shape index (κ2) is 6.88. The first-order valence-corrected chi connectivity index (χ1v) is 8.17. The Morgan fingerprint density at radius 3 is 2.36 bits per heavy atom. The number of nitro groups is 1. The van der Waals surface area contributed by atoms with Gasteiger partial charge in [-0.2, -0.15) is 0 Å². The van der Waals surface area contributed by atoms with E-state index in [4.69, 9.17) is 0 Å². The Morgan fingerprint density at radius 1 is 1.08 bits per heavy atom. The molecule has 1 saturated heterocycles. The number of piperazine rings is 1. The summed E-state index contributed by atoms with van der Waals surface area (Å²) in [4.78, 5) is 30.9. The van der Waals surface area contributed by atoms with Gasteiger partial charge in [-0.3, -0.25) is 14.9 Å². The average molecular weight is 340 g/mol. The highest BCUT2D eigenvalue weighted by atomic mass is 16.6. The Balaban J connectivity index is 1.64. The molecule has 1 fully saturated rings. The lowest BCUT2D eigenvalue weighted by Gasteiger charge is -2.35. The van der Waals surface area contributed by atoms with Gasteiger partial charge in [0.2, 0.25) is 0 Å². The van der Waals surface area contributed by atoms with Gasteiger partial charge in [0.15, 0.2) is 0 Å². The second-order valence-corrected chi connectivity index (χ2v) is 6.21. The van der Waals surface area contributed by atoms with Crippen molar-refractivity contribution in [2.24, 2.45) is 0 Å². The number of anilines is 1. The van der Waals surface area contributed by atoms with E-state index in [0.717, 1.165) is 5.56 Å². The lowest BCUT2D eigenvalue weighted by Crippen LogP contribution is -2.49. The Bertz CT molecular complexity index is 796. The molecule has 130 valence electrons. The maximum atomic E-state index is 12.6. The zero-order valence-electron chi connectivity index (χ0n) is 14.3. The number of hydrogen-bond acceptors (Lipinski definition) is 5. The Morgan fingerprint density at radius 2 is 1.80 bits per heavy atom. The third-order valence-corrected chi connectivity index (χ3v) is 4.59. The van der Waals surface area contributed by atoms with E-state index in [-0.39, 0.29) is 11.6 Å². The van der Waals surface area contributed by atoms with E-state index in [1.54, 1.807) is 6.07 Å². The number of aryl methyl sites for hydroxylation is 2. The van der Waals surface area contributed by atoms with E-state index in [0.29, 0.717) is 37.6 Å². The highest BCUT2D eigenvalue weighted by Gasteiger charge is 2.23. The molecule has 3 rings (SSSR count). The summed E-state index contributed by atoms with van der Waals surface area (Å²) in [6, 6.07) is 8.88. The third kappa shape index (κ3) is 3.60. The topological polar surface area (TPSA) is 79.6 Å². The van der Waals surface area contributed by atoms with Crippen molar-refractivity contribution >= 4 is 17.4 Å². The fraction of sp³-hybridized carbons (Fsp3) is 0.333. The van der Waals surface area contributed by atoms with Gasteiger partial charge in [0, 0.05) is 37.8 Å². The zero-order chi connectivity index (χ0) is 18.0. The van der Waals surface area contributed by atoms with Gasteiger partial charge in [0.25, 0.3) is 11.6 Å². The molecule has 0 bridgehead atoms. The van der Waals surface area contributed by atoms with E-state index < -0.39 is 4.92 Å². The van der Waals surface area contributed by atoms with E-state index in [1.165, 1.54) is 17.8 Å². The first-order valence-electron chi connectivity index (χ1n) is 8.17. The molecule has 1 aliphatic rings. The van der Waals surface area contributed by atoms with Gasteiger partial charge >= 0.3 is 0 Å². The van der Waals surface area contributed by atoms with E-state index in [2.05, 4.69) is 4.98 Å². The van der Waals surface area contributed by atoms with Crippen LogP contribution in [0.15, 0.2) is 36.5 Å². The molecule has 2 aromatic rings. The molecule has 0 N–H and O–H groups in total. The van der Waals surface area contributed by atoms with Crippen molar-refractivity contribution in [3.8, 4) is 0 Å². The van der Waals surface area contributed by atoms with Crippen molar-refractivity contribution < 1.29 is 9.72 Å². The number of carbonyl (C=O) groups excluding carboxylic acids is 1. The fourth-order valence-corrected chi connectivity index (χ4v) is 2.87. The molecule has 0 aliphatic carbocycles. The minimum absolute atomic E-state index is 0.0210. The molecule has 0 radical (unpaired) electrons. The number of carbonyl (C=O) groups is 1. The molecule has 1 aromatic carbocycles. The molecule has 2 heterocycles. The summed E-state index contributed by atoms with van der Waals surface area (Å²) in [5.41, 5.74) is 2.97. The van der Waals surface area contributed by atoms with Gasteiger partial charge in [-0.1, -0.05) is 6.07 Å². The van der Waals surface area contributed by atoms with Crippen LogP contribution in [0.3, 0.4) is 0 Å². The van der Waals surface area contributed by atoms with Gasteiger partial charge < -0.3 is 9.80 Å². The largest absolute Gasteiger partial charge is 0.353 e. The van der Waals surface area contributed by atoms with Crippen LogP contribution < -0.4 is 4.90 Å². The normalized spacial score (nSPS) is 14.5. The first kappa shape index (κ1) is 16.9. The van der Waals surface area contributed by atoms with E-state index >= 15 is 0 Å². The maximum absolute atomic E-state index is 12.6. The second-order valence-electron chi connectivity index (χ2n) is 6.21. The van der Waals surface area contributed by atoms with Crippen LogP contribution in [0, 0.1) is 24.0 Å². The fourth-order valence-electron chi connectivity index (χ4n) is 2.87. The van der Waals surface area contributed by atoms with Gasteiger partial charge in [0.1, 0.15) is 12.0 Å². The van der Waals surface area contributed by atoms with E-state index in [9.17, 15) is 14.9 Å². The van der Waals surface area contributed by atoms with Crippen molar-refractivity contribution in [3.63, 3.8) is 0 Å².